The molecule has 0 bridgehead atoms. The molecule has 2 amide bonds. The van der Waals surface area contributed by atoms with Crippen molar-refractivity contribution >= 4 is 34.2 Å². The number of amides is 2. The molecule has 1 aliphatic heterocycles. The third-order valence-electron chi connectivity index (χ3n) is 4.64. The molecule has 0 unspecified atom stereocenters. The van der Waals surface area contributed by atoms with E-state index in [0.717, 1.165) is 5.52 Å². The second-order valence-corrected chi connectivity index (χ2v) is 6.43. The molecule has 27 heavy (non-hydrogen) atoms. The lowest BCUT2D eigenvalue weighted by molar-refractivity contribution is -0.118. The first-order chi connectivity index (χ1) is 13.0. The number of nitrogens with zero attached hydrogens (tertiary/aromatic N) is 1. The summed E-state index contributed by atoms with van der Waals surface area (Å²) in [5.41, 5.74) is 1.62. The molecule has 7 heteroatoms. The van der Waals surface area contributed by atoms with E-state index in [1.807, 2.05) is 12.1 Å². The molecule has 2 N–H and O–H groups in total. The molecule has 1 aliphatic rings. The molecule has 4 rings (SSSR count). The zero-order chi connectivity index (χ0) is 19.0. The molecule has 0 radical (unpaired) electrons. The number of anilines is 1. The van der Waals surface area contributed by atoms with Crippen LogP contribution in [0.25, 0.3) is 10.9 Å². The van der Waals surface area contributed by atoms with Gasteiger partial charge in [0, 0.05) is 35.8 Å². The molecular weight excluding hydrogens is 349 g/mol. The maximum Gasteiger partial charge on any atom is 0.292 e. The smallest absolute Gasteiger partial charge is 0.292 e. The van der Waals surface area contributed by atoms with Crippen LogP contribution in [0.2, 0.25) is 0 Å². The summed E-state index contributed by atoms with van der Waals surface area (Å²) in [5, 5.41) is 3.31. The van der Waals surface area contributed by atoms with E-state index in [2.05, 4.69) is 10.3 Å². The molecule has 0 aliphatic carbocycles. The summed E-state index contributed by atoms with van der Waals surface area (Å²) in [4.78, 5) is 41.5. The maximum absolute atomic E-state index is 13.1. The average Bonchev–Trinajstić information content (AvgIpc) is 3.25. The lowest BCUT2D eigenvalue weighted by atomic mass is 10.1. The van der Waals surface area contributed by atoms with Crippen molar-refractivity contribution in [3.8, 4) is 0 Å². The molecule has 2 heterocycles. The molecule has 136 valence electrons. The largest absolute Gasteiger partial charge is 0.360 e. The van der Waals surface area contributed by atoms with Crippen molar-refractivity contribution in [2.45, 2.75) is 12.5 Å². The fourth-order valence-electron chi connectivity index (χ4n) is 3.31. The fourth-order valence-corrected chi connectivity index (χ4v) is 3.31. The molecule has 1 aromatic heterocycles. The monoisotopic (exact) mass is 365 g/mol. The zero-order valence-electron chi connectivity index (χ0n) is 14.2. The molecule has 0 saturated carbocycles. The molecule has 6 nitrogen and oxygen atoms in total. The number of para-hydroxylation sites is 1. The number of aromatic amines is 1. The van der Waals surface area contributed by atoms with Gasteiger partial charge in [0.1, 0.15) is 5.82 Å². The average molecular weight is 365 g/mol. The van der Waals surface area contributed by atoms with Crippen molar-refractivity contribution < 1.29 is 18.8 Å². The van der Waals surface area contributed by atoms with Crippen LogP contribution in [-0.4, -0.2) is 35.2 Å². The van der Waals surface area contributed by atoms with Gasteiger partial charge < -0.3 is 15.2 Å². The van der Waals surface area contributed by atoms with Crippen molar-refractivity contribution in [1.29, 1.82) is 0 Å². The minimum Gasteiger partial charge on any atom is -0.360 e. The molecule has 1 fully saturated rings. The number of hydrogen-bond acceptors (Lipinski definition) is 3. The molecule has 3 aromatic rings. The van der Waals surface area contributed by atoms with Gasteiger partial charge in [-0.3, -0.25) is 14.4 Å². The van der Waals surface area contributed by atoms with Gasteiger partial charge in [-0.05, 0) is 30.3 Å². The number of ketones is 1. The van der Waals surface area contributed by atoms with Gasteiger partial charge in [0.05, 0.1) is 11.6 Å². The number of benzene rings is 2. The SMILES string of the molecule is O=C(N[C@H]1CC(=O)N(c2ccc(F)cc2)C1)C(=O)c1c[nH]c2ccccc12. The van der Waals surface area contributed by atoms with Gasteiger partial charge in [0.25, 0.3) is 11.7 Å². The second kappa shape index (κ2) is 6.68. The van der Waals surface area contributed by atoms with E-state index in [0.29, 0.717) is 16.6 Å². The Morgan fingerprint density at radius 2 is 1.85 bits per heavy atom. The topological polar surface area (TPSA) is 82.3 Å². The van der Waals surface area contributed by atoms with Crippen molar-refractivity contribution in [1.82, 2.24) is 10.3 Å². The van der Waals surface area contributed by atoms with E-state index in [-0.39, 0.29) is 24.7 Å². The summed E-state index contributed by atoms with van der Waals surface area (Å²) >= 11 is 0. The third kappa shape index (κ3) is 3.19. The predicted octanol–water partition coefficient (Wildman–Crippen LogP) is 2.41. The summed E-state index contributed by atoms with van der Waals surface area (Å²) in [7, 11) is 0. The number of rotatable bonds is 4. The van der Waals surface area contributed by atoms with Crippen LogP contribution in [0.3, 0.4) is 0 Å². The summed E-state index contributed by atoms with van der Waals surface area (Å²) < 4.78 is 13.1. The first-order valence-electron chi connectivity index (χ1n) is 8.50. The molecule has 1 atom stereocenters. The number of halogens is 1. The fraction of sp³-hybridized carbons (Fsp3) is 0.150. The highest BCUT2D eigenvalue weighted by atomic mass is 19.1. The number of aromatic nitrogens is 1. The van der Waals surface area contributed by atoms with Crippen LogP contribution in [0.5, 0.6) is 0 Å². The Morgan fingerprint density at radius 1 is 1.11 bits per heavy atom. The summed E-state index contributed by atoms with van der Waals surface area (Å²) in [6.45, 7) is 0.234. The minimum atomic E-state index is -0.751. The van der Waals surface area contributed by atoms with Gasteiger partial charge in [-0.1, -0.05) is 18.2 Å². The standard InChI is InChI=1S/C20H16FN3O3/c21-12-5-7-14(8-6-12)24-11-13(9-18(24)25)23-20(27)19(26)16-10-22-17-4-2-1-3-15(16)17/h1-8,10,13,22H,9,11H2,(H,23,27)/t13-/m0/s1. The Bertz CT molecular complexity index is 1040. The second-order valence-electron chi connectivity index (χ2n) is 6.43. The highest BCUT2D eigenvalue weighted by molar-refractivity contribution is 6.45. The van der Waals surface area contributed by atoms with Gasteiger partial charge in [-0.2, -0.15) is 0 Å². The van der Waals surface area contributed by atoms with Crippen LogP contribution in [0.4, 0.5) is 10.1 Å². The van der Waals surface area contributed by atoms with Crippen LogP contribution in [-0.2, 0) is 9.59 Å². The summed E-state index contributed by atoms with van der Waals surface area (Å²) in [5.74, 6) is -1.98. The molecule has 0 spiro atoms. The zero-order valence-corrected chi connectivity index (χ0v) is 14.2. The number of Topliss-reactive ketones (excluding diaryl/α,β-unsaturated/α-hetero) is 1. The van der Waals surface area contributed by atoms with E-state index >= 15 is 0 Å². The van der Waals surface area contributed by atoms with Crippen molar-refractivity contribution in [3.05, 3.63) is 66.1 Å². The number of fused-ring (bicyclic) bond motifs is 1. The van der Waals surface area contributed by atoms with E-state index in [1.54, 1.807) is 12.1 Å². The summed E-state index contributed by atoms with van der Waals surface area (Å²) in [6.07, 6.45) is 1.60. The lowest BCUT2D eigenvalue weighted by Crippen LogP contribution is -2.40. The van der Waals surface area contributed by atoms with Crippen LogP contribution < -0.4 is 10.2 Å². The van der Waals surface area contributed by atoms with Crippen molar-refractivity contribution in [2.24, 2.45) is 0 Å². The normalized spacial score (nSPS) is 16.7. The van der Waals surface area contributed by atoms with Gasteiger partial charge in [-0.25, -0.2) is 4.39 Å². The van der Waals surface area contributed by atoms with Crippen molar-refractivity contribution in [2.75, 3.05) is 11.4 Å². The van der Waals surface area contributed by atoms with E-state index in [4.69, 9.17) is 0 Å². The van der Waals surface area contributed by atoms with Crippen molar-refractivity contribution in [3.63, 3.8) is 0 Å². The van der Waals surface area contributed by atoms with Crippen LogP contribution in [0.1, 0.15) is 16.8 Å². The lowest BCUT2D eigenvalue weighted by Gasteiger charge is -2.17. The number of nitrogens with one attached hydrogen (secondary N) is 2. The first kappa shape index (κ1) is 17.0. The highest BCUT2D eigenvalue weighted by Gasteiger charge is 2.33. The van der Waals surface area contributed by atoms with E-state index in [1.165, 1.54) is 35.4 Å². The Hall–Kier alpha value is -3.48. The van der Waals surface area contributed by atoms with Gasteiger partial charge >= 0.3 is 0 Å². The molecule has 2 aromatic carbocycles. The van der Waals surface area contributed by atoms with Crippen LogP contribution in [0.15, 0.2) is 54.7 Å². The Balaban J connectivity index is 1.46. The number of carbonyl (C=O) groups excluding carboxylic acids is 3. The van der Waals surface area contributed by atoms with Gasteiger partial charge in [-0.15, -0.1) is 0 Å². The van der Waals surface area contributed by atoms with Gasteiger partial charge in [0.15, 0.2) is 0 Å². The van der Waals surface area contributed by atoms with E-state index < -0.39 is 17.7 Å². The predicted molar refractivity (Wildman–Crippen MR) is 97.9 cm³/mol. The Labute approximate surface area is 154 Å². The van der Waals surface area contributed by atoms with Gasteiger partial charge in [0.2, 0.25) is 5.91 Å². The Morgan fingerprint density at radius 3 is 2.63 bits per heavy atom. The third-order valence-corrected chi connectivity index (χ3v) is 4.64. The van der Waals surface area contributed by atoms with E-state index in [9.17, 15) is 18.8 Å². The van der Waals surface area contributed by atoms with Crippen LogP contribution in [0, 0.1) is 5.82 Å². The molecule has 1 saturated heterocycles. The van der Waals surface area contributed by atoms with Crippen LogP contribution >= 0.6 is 0 Å². The number of H-pyrrole nitrogens is 1. The maximum atomic E-state index is 13.1. The Kier molecular flexibility index (Phi) is 4.19. The first-order valence-corrected chi connectivity index (χ1v) is 8.50. The molecular formula is C20H16FN3O3. The number of hydrogen-bond donors (Lipinski definition) is 2. The minimum absolute atomic E-state index is 0.0876. The number of carbonyl (C=O) groups is 3. The highest BCUT2D eigenvalue weighted by Crippen LogP contribution is 2.22. The quantitative estimate of drug-likeness (QED) is 0.550. The summed E-state index contributed by atoms with van der Waals surface area (Å²) in [6, 6.07) is 12.3.